The molecule has 0 bridgehead atoms. The Morgan fingerprint density at radius 1 is 1.15 bits per heavy atom. The number of urea groups is 1. The van der Waals surface area contributed by atoms with Gasteiger partial charge in [-0.1, -0.05) is 0 Å². The van der Waals surface area contributed by atoms with Crippen LogP contribution in [0.2, 0.25) is 0 Å². The van der Waals surface area contributed by atoms with E-state index in [9.17, 15) is 22.8 Å². The Balaban J connectivity index is 1.84. The van der Waals surface area contributed by atoms with Gasteiger partial charge in [0.05, 0.1) is 0 Å². The minimum absolute atomic E-state index is 0.111. The summed E-state index contributed by atoms with van der Waals surface area (Å²) in [4.78, 5) is 28.7. The van der Waals surface area contributed by atoms with Crippen LogP contribution in [0, 0.1) is 5.92 Å². The highest BCUT2D eigenvalue weighted by molar-refractivity contribution is 5.79. The molecule has 2 rings (SSSR count). The number of piperidine rings is 1. The van der Waals surface area contributed by atoms with Gasteiger partial charge in [0.15, 0.2) is 0 Å². The van der Waals surface area contributed by atoms with Crippen LogP contribution >= 0.6 is 0 Å². The molecular formula is C16H28F3N5O2. The molecule has 2 fully saturated rings. The number of likely N-dealkylation sites (tertiary alicyclic amines) is 1. The second kappa shape index (κ2) is 8.90. The zero-order valence-electron chi connectivity index (χ0n) is 15.3. The molecule has 1 unspecified atom stereocenters. The van der Waals surface area contributed by atoms with Gasteiger partial charge in [-0.15, -0.1) is 0 Å². The quantitative estimate of drug-likeness (QED) is 0.739. The van der Waals surface area contributed by atoms with Crippen LogP contribution in [0.25, 0.3) is 0 Å². The average Bonchev–Trinajstić information content (AvgIpc) is 2.61. The van der Waals surface area contributed by atoms with Crippen LogP contribution in [0.1, 0.15) is 12.8 Å². The van der Waals surface area contributed by atoms with Gasteiger partial charge < -0.3 is 20.4 Å². The minimum atomic E-state index is -4.38. The Bertz CT molecular complexity index is 487. The number of nitrogens with zero attached hydrogens (tertiary/aromatic N) is 3. The molecule has 0 aliphatic carbocycles. The lowest BCUT2D eigenvalue weighted by atomic mass is 9.96. The monoisotopic (exact) mass is 379 g/mol. The van der Waals surface area contributed by atoms with E-state index in [1.54, 1.807) is 19.0 Å². The molecule has 0 aromatic carbocycles. The smallest absolute Gasteiger partial charge is 0.354 e. The molecule has 2 saturated heterocycles. The number of halogens is 3. The second-order valence-corrected chi connectivity index (χ2v) is 7.03. The number of alkyl halides is 3. The first-order chi connectivity index (χ1) is 12.2. The van der Waals surface area contributed by atoms with Crippen molar-refractivity contribution >= 4 is 11.9 Å². The van der Waals surface area contributed by atoms with Gasteiger partial charge in [-0.05, 0) is 12.8 Å². The zero-order valence-corrected chi connectivity index (χ0v) is 15.3. The van der Waals surface area contributed by atoms with Gasteiger partial charge in [0.2, 0.25) is 5.91 Å². The van der Waals surface area contributed by atoms with Gasteiger partial charge in [-0.2, -0.15) is 13.2 Å². The van der Waals surface area contributed by atoms with E-state index >= 15 is 0 Å². The molecule has 3 amide bonds. The summed E-state index contributed by atoms with van der Waals surface area (Å²) < 4.78 is 40.1. The third kappa shape index (κ3) is 5.47. The van der Waals surface area contributed by atoms with Crippen LogP contribution < -0.4 is 10.6 Å². The lowest BCUT2D eigenvalue weighted by Gasteiger charge is -2.36. The van der Waals surface area contributed by atoms with Crippen LogP contribution in [0.3, 0.4) is 0 Å². The Kier molecular flexibility index (Phi) is 7.10. The molecule has 2 aliphatic heterocycles. The number of rotatable bonds is 4. The fourth-order valence-corrected chi connectivity index (χ4v) is 3.40. The van der Waals surface area contributed by atoms with Crippen molar-refractivity contribution in [3.8, 4) is 0 Å². The van der Waals surface area contributed by atoms with Crippen LogP contribution in [0.15, 0.2) is 0 Å². The first-order valence-electron chi connectivity index (χ1n) is 8.95. The molecule has 150 valence electrons. The Morgan fingerprint density at radius 3 is 2.23 bits per heavy atom. The second-order valence-electron chi connectivity index (χ2n) is 7.03. The molecule has 0 aromatic rings. The summed E-state index contributed by atoms with van der Waals surface area (Å²) in [5.74, 6) is -0.704. The van der Waals surface area contributed by atoms with Crippen LogP contribution in [0.4, 0.5) is 18.0 Å². The number of carbonyl (C=O) groups is 2. The van der Waals surface area contributed by atoms with Gasteiger partial charge in [0.25, 0.3) is 0 Å². The minimum Gasteiger partial charge on any atom is -0.354 e. The predicted octanol–water partition coefficient (Wildman–Crippen LogP) is 0.332. The van der Waals surface area contributed by atoms with Crippen molar-refractivity contribution in [3.63, 3.8) is 0 Å². The molecule has 2 N–H and O–H groups in total. The topological polar surface area (TPSA) is 67.9 Å². The number of hydrogen-bond acceptors (Lipinski definition) is 4. The third-order valence-electron chi connectivity index (χ3n) is 4.96. The van der Waals surface area contributed by atoms with Gasteiger partial charge in [-0.3, -0.25) is 9.69 Å². The number of piperazine rings is 1. The standard InChI is InChI=1S/C16H28F3N5O2/c1-22(2)15(26)24-7-3-12(4-8-24)14(25)21-11-13(16(17,18)19)23-9-5-20-6-10-23/h12-13,20H,3-11H2,1-2H3,(H,21,25). The number of hydrogen-bond donors (Lipinski definition) is 2. The Labute approximate surface area is 151 Å². The summed E-state index contributed by atoms with van der Waals surface area (Å²) in [6, 6.07) is -1.77. The molecule has 1 atom stereocenters. The molecule has 26 heavy (non-hydrogen) atoms. The molecular weight excluding hydrogens is 351 g/mol. The van der Waals surface area contributed by atoms with Gasteiger partial charge in [-0.25, -0.2) is 4.79 Å². The maximum atomic E-state index is 13.4. The first-order valence-corrected chi connectivity index (χ1v) is 8.95. The lowest BCUT2D eigenvalue weighted by molar-refractivity contribution is -0.184. The van der Waals surface area contributed by atoms with E-state index < -0.39 is 18.8 Å². The summed E-state index contributed by atoms with van der Waals surface area (Å²) in [5, 5.41) is 5.52. The van der Waals surface area contributed by atoms with E-state index in [1.165, 1.54) is 9.80 Å². The maximum Gasteiger partial charge on any atom is 0.405 e. The van der Waals surface area contributed by atoms with Gasteiger partial charge in [0, 0.05) is 65.8 Å². The number of nitrogens with one attached hydrogen (secondary N) is 2. The third-order valence-corrected chi connectivity index (χ3v) is 4.96. The van der Waals surface area contributed by atoms with Crippen molar-refractivity contribution in [1.29, 1.82) is 0 Å². The van der Waals surface area contributed by atoms with Crippen LogP contribution in [-0.2, 0) is 4.79 Å². The fourth-order valence-electron chi connectivity index (χ4n) is 3.40. The van der Waals surface area contributed by atoms with Crippen LogP contribution in [0.5, 0.6) is 0 Å². The zero-order chi connectivity index (χ0) is 19.3. The van der Waals surface area contributed by atoms with E-state index in [0.717, 1.165) is 0 Å². The Hall–Kier alpha value is -1.55. The SMILES string of the molecule is CN(C)C(=O)N1CCC(C(=O)NCC(N2CCNCC2)C(F)(F)F)CC1. The van der Waals surface area contributed by atoms with Crippen molar-refractivity contribution in [1.82, 2.24) is 25.3 Å². The fraction of sp³-hybridized carbons (Fsp3) is 0.875. The average molecular weight is 379 g/mol. The van der Waals surface area contributed by atoms with Crippen molar-refractivity contribution < 1.29 is 22.8 Å². The van der Waals surface area contributed by atoms with Crippen LogP contribution in [-0.4, -0.2) is 98.8 Å². The largest absolute Gasteiger partial charge is 0.405 e. The summed E-state index contributed by atoms with van der Waals surface area (Å²) >= 11 is 0. The highest BCUT2D eigenvalue weighted by Gasteiger charge is 2.44. The molecule has 10 heteroatoms. The highest BCUT2D eigenvalue weighted by Crippen LogP contribution is 2.25. The first kappa shape index (κ1) is 20.8. The van der Waals surface area contributed by atoms with Gasteiger partial charge in [0.1, 0.15) is 6.04 Å². The van der Waals surface area contributed by atoms with Crippen molar-refractivity contribution in [2.24, 2.45) is 5.92 Å². The van der Waals surface area contributed by atoms with E-state index in [1.807, 2.05) is 0 Å². The summed E-state index contributed by atoms with van der Waals surface area (Å²) in [7, 11) is 3.32. The Morgan fingerprint density at radius 2 is 1.73 bits per heavy atom. The lowest BCUT2D eigenvalue weighted by Crippen LogP contribution is -2.58. The number of carbonyl (C=O) groups excluding carboxylic acids is 2. The molecule has 0 spiro atoms. The van der Waals surface area contributed by atoms with Crippen molar-refractivity contribution in [2.75, 3.05) is 59.9 Å². The predicted molar refractivity (Wildman–Crippen MR) is 90.7 cm³/mol. The van der Waals surface area contributed by atoms with E-state index in [0.29, 0.717) is 52.1 Å². The summed E-state index contributed by atoms with van der Waals surface area (Å²) in [5.41, 5.74) is 0. The molecule has 0 saturated carbocycles. The molecule has 7 nitrogen and oxygen atoms in total. The van der Waals surface area contributed by atoms with E-state index in [2.05, 4.69) is 10.6 Å². The molecule has 0 radical (unpaired) electrons. The van der Waals surface area contributed by atoms with E-state index in [-0.39, 0.29) is 17.9 Å². The highest BCUT2D eigenvalue weighted by atomic mass is 19.4. The van der Waals surface area contributed by atoms with E-state index in [4.69, 9.17) is 0 Å². The maximum absolute atomic E-state index is 13.4. The summed E-state index contributed by atoms with van der Waals surface area (Å²) in [6.45, 7) is 2.10. The molecule has 2 heterocycles. The van der Waals surface area contributed by atoms with Crippen molar-refractivity contribution in [3.05, 3.63) is 0 Å². The number of amides is 3. The van der Waals surface area contributed by atoms with Crippen molar-refractivity contribution in [2.45, 2.75) is 25.1 Å². The molecule has 0 aromatic heterocycles. The molecule has 2 aliphatic rings. The van der Waals surface area contributed by atoms with Gasteiger partial charge >= 0.3 is 12.2 Å². The normalized spacial score (nSPS) is 21.3. The summed E-state index contributed by atoms with van der Waals surface area (Å²) in [6.07, 6.45) is -3.45.